The number of nitrogens with one attached hydrogen (secondary N) is 1. The van der Waals surface area contributed by atoms with E-state index in [4.69, 9.17) is 16.9 Å². The molecule has 0 aromatic carbocycles. The van der Waals surface area contributed by atoms with Gasteiger partial charge in [0.05, 0.1) is 11.7 Å². The molecule has 1 saturated heterocycles. The molecule has 1 fully saturated rings. The summed E-state index contributed by atoms with van der Waals surface area (Å²) in [5.74, 6) is 0.814. The molecule has 7 nitrogen and oxygen atoms in total. The molecule has 0 aliphatic carbocycles. The lowest BCUT2D eigenvalue weighted by atomic mass is 10.1. The molecule has 2 heterocycles. The molecule has 1 aliphatic heterocycles. The van der Waals surface area contributed by atoms with Gasteiger partial charge in [0.15, 0.2) is 0 Å². The predicted octanol–water partition coefficient (Wildman–Crippen LogP) is -0.400. The number of nitrogen functional groups attached to an aromatic ring is 2. The molecule has 1 unspecified atom stereocenters. The first kappa shape index (κ1) is 11.6. The van der Waals surface area contributed by atoms with Crippen LogP contribution < -0.4 is 16.4 Å². The van der Waals surface area contributed by atoms with Crippen molar-refractivity contribution in [2.24, 2.45) is 0 Å². The van der Waals surface area contributed by atoms with E-state index in [9.17, 15) is 5.11 Å². The minimum absolute atomic E-state index is 0.0863. The summed E-state index contributed by atoms with van der Waals surface area (Å²) in [4.78, 5) is 9.83. The zero-order chi connectivity index (χ0) is 12.4. The summed E-state index contributed by atoms with van der Waals surface area (Å²) in [5.41, 5.74) is 11.7. The molecule has 7 heteroatoms. The Labute approximate surface area is 99.0 Å². The van der Waals surface area contributed by atoms with E-state index < -0.39 is 0 Å². The number of β-amino-alcohol motifs (C(OH)–C–C–N with tert-alkyl or cyclic N) is 1. The van der Waals surface area contributed by atoms with Crippen molar-refractivity contribution in [3.05, 3.63) is 5.56 Å². The third-order valence-electron chi connectivity index (χ3n) is 2.81. The van der Waals surface area contributed by atoms with Gasteiger partial charge in [-0.05, 0) is 12.8 Å². The van der Waals surface area contributed by atoms with Crippen molar-refractivity contribution in [3.8, 4) is 0 Å². The third-order valence-corrected chi connectivity index (χ3v) is 2.81. The monoisotopic (exact) mass is 236 g/mol. The van der Waals surface area contributed by atoms with Gasteiger partial charge < -0.3 is 26.9 Å². The summed E-state index contributed by atoms with van der Waals surface area (Å²) in [7, 11) is 0. The smallest absolute Gasteiger partial charge is 0.223 e. The second-order valence-electron chi connectivity index (χ2n) is 4.09. The number of aromatic nitrogens is 2. The van der Waals surface area contributed by atoms with Crippen molar-refractivity contribution in [2.75, 3.05) is 29.5 Å². The standard InChI is InChI=1S/C10H16N6O/c11-4-7-8(12)14-10(13)15-9(7)16-3-1-2-6(17)5-16/h4,6,11,17H,1-3,5H2,(H4,12,13,14,15). The Hall–Kier alpha value is -1.89. The molecule has 17 heavy (non-hydrogen) atoms. The van der Waals surface area contributed by atoms with Gasteiger partial charge in [-0.25, -0.2) is 0 Å². The highest BCUT2D eigenvalue weighted by atomic mass is 16.3. The molecule has 1 atom stereocenters. The zero-order valence-corrected chi connectivity index (χ0v) is 9.43. The first-order chi connectivity index (χ1) is 8.11. The Kier molecular flexibility index (Phi) is 3.10. The van der Waals surface area contributed by atoms with Gasteiger partial charge in [0.1, 0.15) is 11.6 Å². The van der Waals surface area contributed by atoms with Gasteiger partial charge in [0, 0.05) is 19.3 Å². The fourth-order valence-corrected chi connectivity index (χ4v) is 2.02. The Morgan fingerprint density at radius 1 is 1.41 bits per heavy atom. The number of rotatable bonds is 2. The van der Waals surface area contributed by atoms with Gasteiger partial charge in [0.25, 0.3) is 0 Å². The van der Waals surface area contributed by atoms with Crippen LogP contribution in [0.5, 0.6) is 0 Å². The highest BCUT2D eigenvalue weighted by molar-refractivity contribution is 5.90. The van der Waals surface area contributed by atoms with Crippen molar-refractivity contribution < 1.29 is 5.11 Å². The van der Waals surface area contributed by atoms with E-state index in [1.54, 1.807) is 0 Å². The highest BCUT2D eigenvalue weighted by Gasteiger charge is 2.22. The van der Waals surface area contributed by atoms with Crippen LogP contribution >= 0.6 is 0 Å². The molecule has 1 aliphatic rings. The first-order valence-electron chi connectivity index (χ1n) is 5.48. The van der Waals surface area contributed by atoms with Crippen molar-refractivity contribution in [2.45, 2.75) is 18.9 Å². The molecule has 1 aromatic rings. The van der Waals surface area contributed by atoms with Crippen LogP contribution in [0, 0.1) is 5.41 Å². The van der Waals surface area contributed by atoms with E-state index in [1.807, 2.05) is 4.90 Å². The molecule has 2 rings (SSSR count). The first-order valence-corrected chi connectivity index (χ1v) is 5.48. The van der Waals surface area contributed by atoms with Gasteiger partial charge in [0.2, 0.25) is 5.95 Å². The van der Waals surface area contributed by atoms with Crippen molar-refractivity contribution in [1.82, 2.24) is 9.97 Å². The second kappa shape index (κ2) is 4.54. The summed E-state index contributed by atoms with van der Waals surface area (Å²) in [6.07, 6.45) is 2.40. The van der Waals surface area contributed by atoms with Crippen LogP contribution in [-0.4, -0.2) is 40.5 Å². The average Bonchev–Trinajstić information content (AvgIpc) is 2.28. The number of aliphatic hydroxyl groups is 1. The molecule has 0 radical (unpaired) electrons. The van der Waals surface area contributed by atoms with Crippen LogP contribution in [0.2, 0.25) is 0 Å². The Morgan fingerprint density at radius 3 is 2.82 bits per heavy atom. The maximum Gasteiger partial charge on any atom is 0.223 e. The quantitative estimate of drug-likeness (QED) is 0.518. The molecular formula is C10H16N6O. The summed E-state index contributed by atoms with van der Waals surface area (Å²) in [6.45, 7) is 1.25. The Bertz CT molecular complexity index is 435. The topological polar surface area (TPSA) is 125 Å². The normalized spacial score (nSPS) is 20.3. The Morgan fingerprint density at radius 2 is 2.18 bits per heavy atom. The lowest BCUT2D eigenvalue weighted by Gasteiger charge is -2.32. The van der Waals surface area contributed by atoms with E-state index in [-0.39, 0.29) is 17.9 Å². The number of hydrogen-bond donors (Lipinski definition) is 4. The van der Waals surface area contributed by atoms with Crippen LogP contribution in [0.25, 0.3) is 0 Å². The summed E-state index contributed by atoms with van der Waals surface area (Å²) < 4.78 is 0. The Balaban J connectivity index is 2.39. The van der Waals surface area contributed by atoms with Gasteiger partial charge in [-0.15, -0.1) is 0 Å². The lowest BCUT2D eigenvalue weighted by molar-refractivity contribution is 0.154. The highest BCUT2D eigenvalue weighted by Crippen LogP contribution is 2.24. The summed E-state index contributed by atoms with van der Waals surface area (Å²) in [5, 5.41) is 17.0. The fraction of sp³-hybridized carbons (Fsp3) is 0.500. The molecule has 6 N–H and O–H groups in total. The minimum Gasteiger partial charge on any atom is -0.391 e. The summed E-state index contributed by atoms with van der Waals surface area (Å²) in [6, 6.07) is 0. The number of nitrogens with zero attached hydrogens (tertiary/aromatic N) is 3. The van der Waals surface area contributed by atoms with Crippen LogP contribution in [0.4, 0.5) is 17.6 Å². The van der Waals surface area contributed by atoms with E-state index in [0.717, 1.165) is 25.6 Å². The molecule has 92 valence electrons. The van der Waals surface area contributed by atoms with Crippen molar-refractivity contribution >= 4 is 23.8 Å². The van der Waals surface area contributed by atoms with Gasteiger partial charge in [-0.1, -0.05) is 0 Å². The zero-order valence-electron chi connectivity index (χ0n) is 9.43. The number of aliphatic hydroxyl groups excluding tert-OH is 1. The van der Waals surface area contributed by atoms with E-state index in [2.05, 4.69) is 9.97 Å². The maximum absolute atomic E-state index is 9.64. The number of nitrogens with two attached hydrogens (primary N) is 2. The third kappa shape index (κ3) is 2.28. The molecule has 0 saturated carbocycles. The summed E-state index contributed by atoms with van der Waals surface area (Å²) >= 11 is 0. The fourth-order valence-electron chi connectivity index (χ4n) is 2.02. The molecule has 0 amide bonds. The van der Waals surface area contributed by atoms with Gasteiger partial charge >= 0.3 is 0 Å². The van der Waals surface area contributed by atoms with E-state index >= 15 is 0 Å². The molecule has 0 spiro atoms. The minimum atomic E-state index is -0.375. The number of piperidine rings is 1. The predicted molar refractivity (Wildman–Crippen MR) is 66.2 cm³/mol. The van der Waals surface area contributed by atoms with Gasteiger partial charge in [-0.2, -0.15) is 9.97 Å². The van der Waals surface area contributed by atoms with Crippen LogP contribution in [-0.2, 0) is 0 Å². The largest absolute Gasteiger partial charge is 0.391 e. The number of anilines is 3. The molecule has 0 bridgehead atoms. The number of hydrogen-bond acceptors (Lipinski definition) is 7. The SMILES string of the molecule is N=Cc1c(N)nc(N)nc1N1CCCC(O)C1. The van der Waals surface area contributed by atoms with Crippen LogP contribution in [0.1, 0.15) is 18.4 Å². The molecule has 1 aromatic heterocycles. The van der Waals surface area contributed by atoms with E-state index in [0.29, 0.717) is 17.9 Å². The van der Waals surface area contributed by atoms with Crippen LogP contribution in [0.15, 0.2) is 0 Å². The second-order valence-corrected chi connectivity index (χ2v) is 4.09. The van der Waals surface area contributed by atoms with E-state index in [1.165, 1.54) is 0 Å². The lowest BCUT2D eigenvalue weighted by Crippen LogP contribution is -2.39. The van der Waals surface area contributed by atoms with Crippen LogP contribution in [0.3, 0.4) is 0 Å². The van der Waals surface area contributed by atoms with Crippen molar-refractivity contribution in [3.63, 3.8) is 0 Å². The van der Waals surface area contributed by atoms with Crippen molar-refractivity contribution in [1.29, 1.82) is 5.41 Å². The molecular weight excluding hydrogens is 220 g/mol. The average molecular weight is 236 g/mol. The van der Waals surface area contributed by atoms with Gasteiger partial charge in [-0.3, -0.25) is 0 Å². The maximum atomic E-state index is 9.64.